The van der Waals surface area contributed by atoms with E-state index in [0.29, 0.717) is 18.0 Å². The lowest BCUT2D eigenvalue weighted by Gasteiger charge is -2.25. The second-order valence-electron chi connectivity index (χ2n) is 7.55. The maximum Gasteiger partial charge on any atom is 0.200 e. The van der Waals surface area contributed by atoms with Crippen LogP contribution in [-0.4, -0.2) is 33.0 Å². The highest BCUT2D eigenvalue weighted by Gasteiger charge is 2.25. The van der Waals surface area contributed by atoms with Gasteiger partial charge < -0.3 is 24.2 Å². The van der Waals surface area contributed by atoms with Gasteiger partial charge in [-0.25, -0.2) is 4.39 Å². The van der Waals surface area contributed by atoms with Gasteiger partial charge in [0.15, 0.2) is 11.5 Å². The molecule has 3 aromatic carbocycles. The molecular weight excluding hydrogens is 429 g/mol. The molecule has 3 aromatic rings. The summed E-state index contributed by atoms with van der Waals surface area (Å²) in [5.41, 5.74) is 3.01. The van der Waals surface area contributed by atoms with E-state index in [0.717, 1.165) is 40.4 Å². The van der Waals surface area contributed by atoms with Crippen LogP contribution >= 0.6 is 11.8 Å². The lowest BCUT2D eigenvalue weighted by atomic mass is 10.1. The number of hydrogen-bond acceptors (Lipinski definition) is 6. The highest BCUT2D eigenvalue weighted by atomic mass is 32.2. The molecule has 1 atom stereocenters. The molecule has 0 saturated heterocycles. The Morgan fingerprint density at radius 1 is 1.00 bits per heavy atom. The number of benzene rings is 3. The topological polar surface area (TPSA) is 51.2 Å². The van der Waals surface area contributed by atoms with Gasteiger partial charge >= 0.3 is 0 Å². The summed E-state index contributed by atoms with van der Waals surface area (Å²) in [5.74, 6) is 1.29. The fourth-order valence-corrected chi connectivity index (χ4v) is 5.26. The van der Waals surface area contributed by atoms with E-state index in [-0.39, 0.29) is 16.8 Å². The van der Waals surface area contributed by atoms with Gasteiger partial charge in [-0.1, -0.05) is 12.1 Å². The molecule has 0 fully saturated rings. The predicted molar refractivity (Wildman–Crippen MR) is 125 cm³/mol. The molecule has 0 radical (unpaired) electrons. The smallest absolute Gasteiger partial charge is 0.200 e. The van der Waals surface area contributed by atoms with Crippen molar-refractivity contribution in [2.45, 2.75) is 23.1 Å². The Bertz CT molecular complexity index is 1080. The summed E-state index contributed by atoms with van der Waals surface area (Å²) >= 11 is 1.72. The van der Waals surface area contributed by atoms with E-state index >= 15 is 0 Å². The molecule has 0 saturated carbocycles. The third kappa shape index (κ3) is 4.58. The molecule has 0 amide bonds. The van der Waals surface area contributed by atoms with Gasteiger partial charge in [0, 0.05) is 23.2 Å². The number of nitrogens with zero attached hydrogens (tertiary/aromatic N) is 1. The summed E-state index contributed by atoms with van der Waals surface area (Å²) in [6.07, 6.45) is 0.845. The zero-order chi connectivity index (χ0) is 22.7. The lowest BCUT2D eigenvalue weighted by molar-refractivity contribution is 0.339. The number of phenolic OH excluding ortho intramolecular Hbond substituents is 1. The van der Waals surface area contributed by atoms with Crippen LogP contribution in [0.2, 0.25) is 0 Å². The third-order valence-corrected chi connectivity index (χ3v) is 6.94. The Morgan fingerprint density at radius 3 is 2.41 bits per heavy atom. The van der Waals surface area contributed by atoms with E-state index in [1.165, 1.54) is 20.3 Å². The molecule has 32 heavy (non-hydrogen) atoms. The second-order valence-corrected chi connectivity index (χ2v) is 8.80. The van der Waals surface area contributed by atoms with Gasteiger partial charge in [-0.05, 0) is 60.0 Å². The number of aromatic hydroxyl groups is 1. The van der Waals surface area contributed by atoms with Crippen molar-refractivity contribution in [3.05, 3.63) is 71.5 Å². The van der Waals surface area contributed by atoms with E-state index in [4.69, 9.17) is 14.2 Å². The van der Waals surface area contributed by atoms with E-state index in [1.54, 1.807) is 31.0 Å². The van der Waals surface area contributed by atoms with E-state index < -0.39 is 0 Å². The molecule has 0 aromatic heterocycles. The normalized spacial score (nSPS) is 15.6. The van der Waals surface area contributed by atoms with Crippen molar-refractivity contribution in [3.8, 4) is 23.0 Å². The number of thioether (sulfide) groups is 1. The van der Waals surface area contributed by atoms with Crippen molar-refractivity contribution < 1.29 is 23.7 Å². The molecule has 1 aliphatic rings. The fraction of sp³-hybridized carbons (Fsp3) is 0.280. The first-order valence-corrected chi connectivity index (χ1v) is 11.2. The van der Waals surface area contributed by atoms with Crippen LogP contribution in [0.1, 0.15) is 22.8 Å². The maximum atomic E-state index is 13.9. The molecule has 0 aliphatic carbocycles. The summed E-state index contributed by atoms with van der Waals surface area (Å²) in [6, 6.07) is 16.5. The van der Waals surface area contributed by atoms with Crippen LogP contribution in [-0.2, 0) is 6.54 Å². The zero-order valence-corrected chi connectivity index (χ0v) is 19.1. The molecule has 1 heterocycles. The van der Waals surface area contributed by atoms with Crippen LogP contribution < -0.4 is 19.1 Å². The Kier molecular flexibility index (Phi) is 6.65. The molecule has 0 bridgehead atoms. The number of phenols is 1. The Hall–Kier alpha value is -3.06. The van der Waals surface area contributed by atoms with Gasteiger partial charge in [-0.3, -0.25) is 0 Å². The summed E-state index contributed by atoms with van der Waals surface area (Å²) in [7, 11) is 4.69. The van der Waals surface area contributed by atoms with Crippen molar-refractivity contribution in [3.63, 3.8) is 0 Å². The van der Waals surface area contributed by atoms with Crippen LogP contribution in [0.3, 0.4) is 0 Å². The monoisotopic (exact) mass is 455 g/mol. The van der Waals surface area contributed by atoms with Crippen LogP contribution in [0.25, 0.3) is 0 Å². The van der Waals surface area contributed by atoms with Gasteiger partial charge in [0.1, 0.15) is 11.6 Å². The van der Waals surface area contributed by atoms with Gasteiger partial charge in [0.2, 0.25) is 5.75 Å². The number of fused-ring (bicyclic) bond motifs is 1. The van der Waals surface area contributed by atoms with E-state index in [2.05, 4.69) is 11.0 Å². The minimum Gasteiger partial charge on any atom is -0.502 e. The van der Waals surface area contributed by atoms with Crippen LogP contribution in [0, 0.1) is 5.82 Å². The second kappa shape index (κ2) is 9.61. The van der Waals surface area contributed by atoms with E-state index in [1.807, 2.05) is 30.3 Å². The van der Waals surface area contributed by atoms with Crippen LogP contribution in [0.15, 0.2) is 59.5 Å². The molecule has 4 rings (SSSR count). The maximum absolute atomic E-state index is 13.9. The summed E-state index contributed by atoms with van der Waals surface area (Å²) < 4.78 is 30.0. The predicted octanol–water partition coefficient (Wildman–Crippen LogP) is 5.80. The lowest BCUT2D eigenvalue weighted by Crippen LogP contribution is -2.24. The summed E-state index contributed by atoms with van der Waals surface area (Å²) in [4.78, 5) is 3.36. The first-order valence-electron chi connectivity index (χ1n) is 10.3. The van der Waals surface area contributed by atoms with Crippen molar-refractivity contribution >= 4 is 17.4 Å². The number of methoxy groups -OCH3 is 3. The molecule has 168 valence electrons. The molecule has 0 spiro atoms. The quantitative estimate of drug-likeness (QED) is 0.507. The Labute approximate surface area is 191 Å². The largest absolute Gasteiger partial charge is 0.502 e. The first kappa shape index (κ1) is 22.1. The molecule has 7 heteroatoms. The van der Waals surface area contributed by atoms with Crippen LogP contribution in [0.5, 0.6) is 23.0 Å². The summed E-state index contributed by atoms with van der Waals surface area (Å²) in [5, 5.41) is 10.4. The molecule has 1 unspecified atom stereocenters. The average Bonchev–Trinajstić information content (AvgIpc) is 2.99. The zero-order valence-electron chi connectivity index (χ0n) is 18.3. The number of anilines is 1. The van der Waals surface area contributed by atoms with Crippen molar-refractivity contribution in [1.82, 2.24) is 0 Å². The highest BCUT2D eigenvalue weighted by Crippen LogP contribution is 2.47. The number of hydrogen-bond donors (Lipinski definition) is 1. The van der Waals surface area contributed by atoms with Crippen LogP contribution in [0.4, 0.5) is 10.1 Å². The molecular formula is C25H26FNO4S. The fourth-order valence-electron chi connectivity index (χ4n) is 3.95. The van der Waals surface area contributed by atoms with Crippen molar-refractivity contribution in [2.75, 3.05) is 32.8 Å². The van der Waals surface area contributed by atoms with Gasteiger partial charge in [0.25, 0.3) is 0 Å². The standard InChI is InChI=1S/C25H26FNO4S/c1-29-19-7-8-20-24(14-19)32-23(17-5-4-6-18(26)13-17)9-10-27(20)15-16-11-21(30-2)25(28)22(12-16)31-3/h4-8,11-14,23,28H,9-10,15H2,1-3H3. The van der Waals surface area contributed by atoms with Gasteiger partial charge in [-0.15, -0.1) is 11.8 Å². The average molecular weight is 456 g/mol. The van der Waals surface area contributed by atoms with Crippen molar-refractivity contribution in [1.29, 1.82) is 0 Å². The summed E-state index contributed by atoms with van der Waals surface area (Å²) in [6.45, 7) is 1.38. The van der Waals surface area contributed by atoms with Gasteiger partial charge in [0.05, 0.1) is 27.0 Å². The van der Waals surface area contributed by atoms with Crippen molar-refractivity contribution in [2.24, 2.45) is 0 Å². The minimum absolute atomic E-state index is 0.0125. The first-order chi connectivity index (χ1) is 15.5. The number of ether oxygens (including phenoxy) is 3. The number of halogens is 1. The number of rotatable bonds is 6. The minimum atomic E-state index is -0.224. The van der Waals surface area contributed by atoms with Gasteiger partial charge in [-0.2, -0.15) is 0 Å². The molecule has 5 nitrogen and oxygen atoms in total. The van der Waals surface area contributed by atoms with E-state index in [9.17, 15) is 9.50 Å². The third-order valence-electron chi connectivity index (χ3n) is 5.57. The molecule has 1 aliphatic heterocycles. The molecule has 1 N–H and O–H groups in total. The SMILES string of the molecule is COc1ccc2c(c1)SC(c1cccc(F)c1)CCN2Cc1cc(OC)c(O)c(OC)c1. The highest BCUT2D eigenvalue weighted by molar-refractivity contribution is 7.99. The Morgan fingerprint density at radius 2 is 1.75 bits per heavy atom. The Balaban J connectivity index is 1.70.